The highest BCUT2D eigenvalue weighted by Crippen LogP contribution is 2.36. The van der Waals surface area contributed by atoms with Crippen molar-refractivity contribution in [2.75, 3.05) is 0 Å². The molecule has 0 saturated heterocycles. The average molecular weight is 398 g/mol. The van der Waals surface area contributed by atoms with E-state index >= 15 is 0 Å². The number of rotatable bonds is 5. The van der Waals surface area contributed by atoms with Gasteiger partial charge in [0.1, 0.15) is 0 Å². The SMILES string of the molecule is CC(C)C1C/C(=C/c2ccc(N=[N+]=[N-])cc2)C(=O)/C(=C/c2ccc(N=[N+]=[N-])cc2)C1. The lowest BCUT2D eigenvalue weighted by atomic mass is 9.75. The summed E-state index contributed by atoms with van der Waals surface area (Å²) >= 11 is 0. The van der Waals surface area contributed by atoms with Gasteiger partial charge in [-0.15, -0.1) is 0 Å². The van der Waals surface area contributed by atoms with E-state index in [2.05, 4.69) is 33.9 Å². The molecule has 0 heterocycles. The topological polar surface area (TPSA) is 115 Å². The Bertz CT molecular complexity index is 1000. The summed E-state index contributed by atoms with van der Waals surface area (Å²) in [6.45, 7) is 4.36. The van der Waals surface area contributed by atoms with Crippen molar-refractivity contribution >= 4 is 29.3 Å². The molecule has 1 fully saturated rings. The molecule has 0 N–H and O–H groups in total. The summed E-state index contributed by atoms with van der Waals surface area (Å²) < 4.78 is 0. The summed E-state index contributed by atoms with van der Waals surface area (Å²) in [7, 11) is 0. The summed E-state index contributed by atoms with van der Waals surface area (Å²) in [5, 5.41) is 7.16. The Morgan fingerprint density at radius 3 is 1.57 bits per heavy atom. The zero-order chi connectivity index (χ0) is 21.5. The van der Waals surface area contributed by atoms with Crippen molar-refractivity contribution in [3.8, 4) is 0 Å². The van der Waals surface area contributed by atoms with E-state index in [1.165, 1.54) is 0 Å². The molecule has 1 aliphatic carbocycles. The third kappa shape index (κ3) is 5.17. The minimum absolute atomic E-state index is 0.0603. The molecule has 2 aromatic rings. The van der Waals surface area contributed by atoms with E-state index in [1.807, 2.05) is 36.4 Å². The Hall–Kier alpha value is -3.79. The summed E-state index contributed by atoms with van der Waals surface area (Å²) in [6.07, 6.45) is 5.33. The van der Waals surface area contributed by atoms with Crippen molar-refractivity contribution < 1.29 is 4.79 Å². The normalized spacial score (nSPS) is 18.9. The largest absolute Gasteiger partial charge is 0.289 e. The molecule has 0 amide bonds. The van der Waals surface area contributed by atoms with E-state index in [0.29, 0.717) is 23.2 Å². The monoisotopic (exact) mass is 398 g/mol. The van der Waals surface area contributed by atoms with Crippen LogP contribution in [-0.4, -0.2) is 5.78 Å². The van der Waals surface area contributed by atoms with Crippen LogP contribution in [0, 0.1) is 11.8 Å². The van der Waals surface area contributed by atoms with Crippen molar-refractivity contribution in [2.45, 2.75) is 26.7 Å². The molecular weight excluding hydrogens is 376 g/mol. The lowest BCUT2D eigenvalue weighted by Crippen LogP contribution is -2.23. The number of allylic oxidation sites excluding steroid dienone is 2. The molecule has 0 bridgehead atoms. The lowest BCUT2D eigenvalue weighted by molar-refractivity contribution is -0.113. The summed E-state index contributed by atoms with van der Waals surface area (Å²) in [5.74, 6) is 0.889. The summed E-state index contributed by atoms with van der Waals surface area (Å²) in [4.78, 5) is 18.7. The highest BCUT2D eigenvalue weighted by atomic mass is 16.1. The molecule has 0 radical (unpaired) electrons. The Balaban J connectivity index is 1.93. The Morgan fingerprint density at radius 1 is 0.833 bits per heavy atom. The molecule has 3 rings (SSSR count). The molecule has 0 aliphatic heterocycles. The highest BCUT2D eigenvalue weighted by molar-refractivity contribution is 6.14. The molecule has 0 aromatic heterocycles. The van der Waals surface area contributed by atoms with Crippen LogP contribution in [0.15, 0.2) is 69.9 Å². The number of hydrogen-bond donors (Lipinski definition) is 0. The van der Waals surface area contributed by atoms with Gasteiger partial charge in [-0.3, -0.25) is 4.79 Å². The number of benzene rings is 2. The molecule has 150 valence electrons. The van der Waals surface area contributed by atoms with Crippen molar-refractivity contribution in [1.29, 1.82) is 0 Å². The molecule has 1 unspecified atom stereocenters. The second-order valence-corrected chi connectivity index (χ2v) is 7.64. The van der Waals surface area contributed by atoms with Crippen LogP contribution in [0.2, 0.25) is 0 Å². The van der Waals surface area contributed by atoms with Gasteiger partial charge in [-0.05, 0) is 59.0 Å². The maximum absolute atomic E-state index is 13.2. The number of carbonyl (C=O) groups is 1. The van der Waals surface area contributed by atoms with Gasteiger partial charge in [0, 0.05) is 32.3 Å². The van der Waals surface area contributed by atoms with Crippen molar-refractivity contribution in [3.05, 3.63) is 91.7 Å². The molecule has 1 atom stereocenters. The summed E-state index contributed by atoms with van der Waals surface area (Å²) in [6, 6.07) is 14.3. The maximum atomic E-state index is 13.2. The van der Waals surface area contributed by atoms with E-state index in [9.17, 15) is 4.79 Å². The van der Waals surface area contributed by atoms with Gasteiger partial charge in [-0.25, -0.2) is 0 Å². The molecule has 1 aliphatic rings. The smallest absolute Gasteiger partial charge is 0.185 e. The zero-order valence-electron chi connectivity index (χ0n) is 16.9. The van der Waals surface area contributed by atoms with Crippen LogP contribution in [0.4, 0.5) is 11.4 Å². The number of nitrogens with zero attached hydrogens (tertiary/aromatic N) is 6. The quantitative estimate of drug-likeness (QED) is 0.218. The van der Waals surface area contributed by atoms with Crippen LogP contribution >= 0.6 is 0 Å². The molecule has 1 saturated carbocycles. The third-order valence-electron chi connectivity index (χ3n) is 5.28. The average Bonchev–Trinajstić information content (AvgIpc) is 2.74. The predicted octanol–water partition coefficient (Wildman–Crippen LogP) is 7.67. The van der Waals surface area contributed by atoms with Crippen LogP contribution < -0.4 is 0 Å². The first-order valence-corrected chi connectivity index (χ1v) is 9.76. The lowest BCUT2D eigenvalue weighted by Gasteiger charge is -2.28. The van der Waals surface area contributed by atoms with Crippen LogP contribution in [0.3, 0.4) is 0 Å². The van der Waals surface area contributed by atoms with Crippen molar-refractivity contribution in [3.63, 3.8) is 0 Å². The van der Waals surface area contributed by atoms with E-state index in [4.69, 9.17) is 11.1 Å². The van der Waals surface area contributed by atoms with Gasteiger partial charge in [-0.2, -0.15) is 0 Å². The fraction of sp³-hybridized carbons (Fsp3) is 0.261. The van der Waals surface area contributed by atoms with E-state index in [1.54, 1.807) is 24.3 Å². The van der Waals surface area contributed by atoms with Gasteiger partial charge >= 0.3 is 0 Å². The van der Waals surface area contributed by atoms with E-state index < -0.39 is 0 Å². The number of Topliss-reactive ketones (excluding diaryl/α,β-unsaturated/α-hetero) is 1. The Morgan fingerprint density at radius 2 is 1.23 bits per heavy atom. The standard InChI is InChI=1S/C23H22N6O/c1-15(2)18-13-19(11-16-3-7-21(8-4-16)26-28-24)23(30)20(14-18)12-17-5-9-22(10-6-17)27-29-25/h3-12,15,18H,13-14H2,1-2H3/b19-11-,20-12+. The second kappa shape index (κ2) is 9.61. The third-order valence-corrected chi connectivity index (χ3v) is 5.28. The van der Waals surface area contributed by atoms with Gasteiger partial charge in [0.2, 0.25) is 0 Å². The van der Waals surface area contributed by atoms with Crippen molar-refractivity contribution in [1.82, 2.24) is 0 Å². The van der Waals surface area contributed by atoms with Crippen LogP contribution in [0.1, 0.15) is 37.8 Å². The van der Waals surface area contributed by atoms with Gasteiger partial charge < -0.3 is 0 Å². The van der Waals surface area contributed by atoms with Gasteiger partial charge in [0.15, 0.2) is 5.78 Å². The van der Waals surface area contributed by atoms with Crippen LogP contribution in [-0.2, 0) is 4.79 Å². The molecule has 0 spiro atoms. The fourth-order valence-electron chi connectivity index (χ4n) is 3.53. The van der Waals surface area contributed by atoms with E-state index in [-0.39, 0.29) is 5.78 Å². The minimum Gasteiger partial charge on any atom is -0.289 e. The van der Waals surface area contributed by atoms with Crippen molar-refractivity contribution in [2.24, 2.45) is 22.1 Å². The first kappa shape index (κ1) is 20.9. The maximum Gasteiger partial charge on any atom is 0.185 e. The second-order valence-electron chi connectivity index (χ2n) is 7.64. The van der Waals surface area contributed by atoms with Gasteiger partial charge in [0.05, 0.1) is 0 Å². The van der Waals surface area contributed by atoms with Gasteiger partial charge in [-0.1, -0.05) is 72.6 Å². The molecule has 7 nitrogen and oxygen atoms in total. The highest BCUT2D eigenvalue weighted by Gasteiger charge is 2.29. The predicted molar refractivity (Wildman–Crippen MR) is 119 cm³/mol. The van der Waals surface area contributed by atoms with Crippen LogP contribution in [0.25, 0.3) is 33.0 Å². The fourth-order valence-corrected chi connectivity index (χ4v) is 3.53. The Labute approximate surface area is 175 Å². The summed E-state index contributed by atoms with van der Waals surface area (Å²) in [5.41, 5.74) is 21.5. The van der Waals surface area contributed by atoms with E-state index in [0.717, 1.165) is 35.1 Å². The number of ketones is 1. The molecule has 2 aromatic carbocycles. The number of azide groups is 2. The Kier molecular flexibility index (Phi) is 6.71. The molecular formula is C23H22N6O. The first-order valence-electron chi connectivity index (χ1n) is 9.76. The first-order chi connectivity index (χ1) is 14.5. The zero-order valence-corrected chi connectivity index (χ0v) is 16.9. The van der Waals surface area contributed by atoms with Crippen LogP contribution in [0.5, 0.6) is 0 Å². The number of carbonyl (C=O) groups excluding carboxylic acids is 1. The molecule has 7 heteroatoms. The molecule has 30 heavy (non-hydrogen) atoms. The minimum atomic E-state index is 0.0603. The van der Waals surface area contributed by atoms with Gasteiger partial charge in [0.25, 0.3) is 0 Å². The number of hydrogen-bond acceptors (Lipinski definition) is 3.